The maximum Gasteiger partial charge on any atom is 0.199 e. The number of anilines is 1. The first kappa shape index (κ1) is 13.2. The Hall–Kier alpha value is -1.82. The van der Waals surface area contributed by atoms with Crippen molar-refractivity contribution in [2.75, 3.05) is 5.32 Å². The smallest absolute Gasteiger partial charge is 0.199 e. The highest BCUT2D eigenvalue weighted by Gasteiger charge is 2.25. The van der Waals surface area contributed by atoms with E-state index in [0.29, 0.717) is 5.82 Å². The van der Waals surface area contributed by atoms with Gasteiger partial charge in [0.05, 0.1) is 5.39 Å². The Morgan fingerprint density at radius 1 is 1.45 bits per heavy atom. The van der Waals surface area contributed by atoms with Crippen molar-refractivity contribution in [3.05, 3.63) is 17.3 Å². The summed E-state index contributed by atoms with van der Waals surface area (Å²) < 4.78 is 0. The van der Waals surface area contributed by atoms with Crippen LogP contribution in [0, 0.1) is 5.92 Å². The fraction of sp³-hybridized carbons (Fsp3) is 0.429. The van der Waals surface area contributed by atoms with Gasteiger partial charge < -0.3 is 10.1 Å². The van der Waals surface area contributed by atoms with Gasteiger partial charge in [0.15, 0.2) is 11.6 Å². The number of carbonyl (C=O) groups excluding carboxylic acids is 2. The van der Waals surface area contributed by atoms with Crippen molar-refractivity contribution in [3.63, 3.8) is 0 Å². The van der Waals surface area contributed by atoms with Crippen LogP contribution in [0.5, 0.6) is 0 Å². The molecule has 2 aromatic rings. The molecule has 3 rings (SSSR count). The van der Waals surface area contributed by atoms with Gasteiger partial charge in [-0.1, -0.05) is 0 Å². The molecule has 1 aliphatic carbocycles. The summed E-state index contributed by atoms with van der Waals surface area (Å²) in [6.45, 7) is 1.47. The number of aromatic nitrogens is 2. The van der Waals surface area contributed by atoms with Crippen LogP contribution < -0.4 is 5.32 Å². The molecule has 2 heterocycles. The first-order valence-electron chi connectivity index (χ1n) is 6.65. The minimum Gasteiger partial charge on any atom is -0.367 e. The summed E-state index contributed by atoms with van der Waals surface area (Å²) in [4.78, 5) is 31.7. The van der Waals surface area contributed by atoms with E-state index in [1.807, 2.05) is 11.4 Å². The molecular formula is C14H15N3O2S. The molecule has 2 atom stereocenters. The lowest BCUT2D eigenvalue weighted by Crippen LogP contribution is -2.18. The lowest BCUT2D eigenvalue weighted by atomic mass is 10.1. The molecule has 5 nitrogen and oxygen atoms in total. The van der Waals surface area contributed by atoms with Gasteiger partial charge in [-0.3, -0.25) is 4.79 Å². The number of Topliss-reactive ketones (excluding diaryl/α,β-unsaturated/α-hetero) is 1. The largest absolute Gasteiger partial charge is 0.367 e. The molecule has 0 saturated heterocycles. The van der Waals surface area contributed by atoms with E-state index in [1.54, 1.807) is 0 Å². The zero-order chi connectivity index (χ0) is 14.1. The third kappa shape index (κ3) is 2.43. The molecule has 0 radical (unpaired) electrons. The Labute approximate surface area is 120 Å². The number of fused-ring (bicyclic) bond motifs is 1. The zero-order valence-electron chi connectivity index (χ0n) is 11.1. The molecule has 1 aliphatic rings. The maximum absolute atomic E-state index is 11.5. The predicted molar refractivity (Wildman–Crippen MR) is 78.2 cm³/mol. The van der Waals surface area contributed by atoms with Crippen LogP contribution in [-0.4, -0.2) is 28.1 Å². The highest BCUT2D eigenvalue weighted by Crippen LogP contribution is 2.30. The van der Waals surface area contributed by atoms with Crippen molar-refractivity contribution in [2.45, 2.75) is 32.2 Å². The lowest BCUT2D eigenvalue weighted by Gasteiger charge is -2.14. The summed E-state index contributed by atoms with van der Waals surface area (Å²) in [5.74, 6) is 0.950. The Bertz CT molecular complexity index is 667. The van der Waals surface area contributed by atoms with Crippen LogP contribution in [0.4, 0.5) is 5.82 Å². The molecule has 1 fully saturated rings. The van der Waals surface area contributed by atoms with Gasteiger partial charge in [-0.25, -0.2) is 9.97 Å². The first-order chi connectivity index (χ1) is 9.67. The summed E-state index contributed by atoms with van der Waals surface area (Å²) in [7, 11) is 0. The average Bonchev–Trinajstić information content (AvgIpc) is 3.06. The van der Waals surface area contributed by atoms with E-state index in [1.165, 1.54) is 18.3 Å². The van der Waals surface area contributed by atoms with Crippen molar-refractivity contribution in [2.24, 2.45) is 5.92 Å². The molecule has 2 aromatic heterocycles. The first-order valence-corrected chi connectivity index (χ1v) is 7.53. The predicted octanol–water partition coefficient (Wildman–Crippen LogP) is 2.67. The molecule has 104 valence electrons. The minimum absolute atomic E-state index is 0.138. The number of hydrogen-bond acceptors (Lipinski definition) is 6. The number of nitrogens with zero attached hydrogens (tertiary/aromatic N) is 2. The molecule has 0 bridgehead atoms. The third-order valence-corrected chi connectivity index (χ3v) is 4.45. The number of rotatable bonds is 4. The van der Waals surface area contributed by atoms with Crippen LogP contribution in [0.2, 0.25) is 0 Å². The summed E-state index contributed by atoms with van der Waals surface area (Å²) in [6.07, 6.45) is 3.73. The summed E-state index contributed by atoms with van der Waals surface area (Å²) in [5, 5.41) is 6.26. The van der Waals surface area contributed by atoms with Gasteiger partial charge in [-0.05, 0) is 30.7 Å². The van der Waals surface area contributed by atoms with E-state index in [4.69, 9.17) is 0 Å². The molecule has 6 heteroatoms. The molecular weight excluding hydrogens is 274 g/mol. The number of thiophene rings is 1. The van der Waals surface area contributed by atoms with Crippen LogP contribution in [0.3, 0.4) is 0 Å². The van der Waals surface area contributed by atoms with E-state index in [0.717, 1.165) is 35.8 Å². The standard InChI is InChI=1S/C14H15N3O2S/c1-8(19)12-16-13(11-4-5-20-14(11)17-12)15-10-3-2-9(6-10)7-18/h4-5,7,9-10H,2-3,6H2,1H3,(H,15,16,17)/t9-,10+/m0/s1. The molecule has 1 saturated carbocycles. The molecule has 0 aromatic carbocycles. The van der Waals surface area contributed by atoms with Gasteiger partial charge in [0, 0.05) is 18.9 Å². The molecule has 1 N–H and O–H groups in total. The highest BCUT2D eigenvalue weighted by molar-refractivity contribution is 7.16. The van der Waals surface area contributed by atoms with E-state index >= 15 is 0 Å². The van der Waals surface area contributed by atoms with Gasteiger partial charge in [-0.2, -0.15) is 0 Å². The van der Waals surface area contributed by atoms with E-state index in [2.05, 4.69) is 15.3 Å². The fourth-order valence-electron chi connectivity index (χ4n) is 2.59. The van der Waals surface area contributed by atoms with Crippen molar-refractivity contribution < 1.29 is 9.59 Å². The van der Waals surface area contributed by atoms with Crippen LogP contribution in [0.15, 0.2) is 11.4 Å². The number of carbonyl (C=O) groups is 2. The Morgan fingerprint density at radius 2 is 2.30 bits per heavy atom. The third-order valence-electron chi connectivity index (χ3n) is 3.65. The minimum atomic E-state index is -0.138. The molecule has 0 unspecified atom stereocenters. The Kier molecular flexibility index (Phi) is 3.48. The van der Waals surface area contributed by atoms with Crippen LogP contribution in [0.25, 0.3) is 10.2 Å². The van der Waals surface area contributed by atoms with Gasteiger partial charge in [0.2, 0.25) is 0 Å². The highest BCUT2D eigenvalue weighted by atomic mass is 32.1. The van der Waals surface area contributed by atoms with Gasteiger partial charge in [-0.15, -0.1) is 11.3 Å². The summed E-state index contributed by atoms with van der Waals surface area (Å²) in [5.41, 5.74) is 0. The summed E-state index contributed by atoms with van der Waals surface area (Å²) in [6, 6.07) is 2.20. The molecule has 0 aliphatic heterocycles. The SMILES string of the molecule is CC(=O)c1nc(N[C@@H]2CC[C@H](C=O)C2)c2ccsc2n1. The quantitative estimate of drug-likeness (QED) is 0.692. The Morgan fingerprint density at radius 3 is 3.00 bits per heavy atom. The van der Waals surface area contributed by atoms with Crippen molar-refractivity contribution in [3.8, 4) is 0 Å². The monoisotopic (exact) mass is 289 g/mol. The number of aldehydes is 1. The van der Waals surface area contributed by atoms with Crippen molar-refractivity contribution in [1.29, 1.82) is 0 Å². The molecule has 0 spiro atoms. The van der Waals surface area contributed by atoms with Crippen LogP contribution in [0.1, 0.15) is 36.8 Å². The number of ketones is 1. The maximum atomic E-state index is 11.5. The Balaban J connectivity index is 1.92. The second kappa shape index (κ2) is 5.28. The normalized spacial score (nSPS) is 22.1. The number of hydrogen-bond donors (Lipinski definition) is 1. The molecule has 20 heavy (non-hydrogen) atoms. The van der Waals surface area contributed by atoms with Crippen molar-refractivity contribution >= 4 is 39.4 Å². The zero-order valence-corrected chi connectivity index (χ0v) is 11.9. The van der Waals surface area contributed by atoms with Gasteiger partial charge in [0.1, 0.15) is 16.9 Å². The van der Waals surface area contributed by atoms with Crippen LogP contribution in [-0.2, 0) is 4.79 Å². The van der Waals surface area contributed by atoms with E-state index < -0.39 is 0 Å². The second-order valence-electron chi connectivity index (χ2n) is 5.14. The fourth-order valence-corrected chi connectivity index (χ4v) is 3.35. The van der Waals surface area contributed by atoms with E-state index in [-0.39, 0.29) is 23.6 Å². The lowest BCUT2D eigenvalue weighted by molar-refractivity contribution is -0.110. The number of nitrogens with one attached hydrogen (secondary N) is 1. The van der Waals surface area contributed by atoms with Gasteiger partial charge >= 0.3 is 0 Å². The van der Waals surface area contributed by atoms with Crippen LogP contribution >= 0.6 is 11.3 Å². The average molecular weight is 289 g/mol. The molecule has 0 amide bonds. The summed E-state index contributed by atoms with van der Waals surface area (Å²) >= 11 is 1.50. The topological polar surface area (TPSA) is 72.0 Å². The van der Waals surface area contributed by atoms with Gasteiger partial charge in [0.25, 0.3) is 0 Å². The van der Waals surface area contributed by atoms with E-state index in [9.17, 15) is 9.59 Å². The van der Waals surface area contributed by atoms with Crippen molar-refractivity contribution in [1.82, 2.24) is 9.97 Å². The second-order valence-corrected chi connectivity index (χ2v) is 6.04.